The van der Waals surface area contributed by atoms with E-state index in [2.05, 4.69) is 11.5 Å². The molecule has 0 bridgehead atoms. The zero-order chi connectivity index (χ0) is 7.40. The number of hydrogen-bond donors (Lipinski definition) is 2. The topological polar surface area (TPSA) is 55.3 Å². The molecule has 0 aromatic heterocycles. The lowest BCUT2D eigenvalue weighted by molar-refractivity contribution is -0.391. The molecule has 0 radical (unpaired) electrons. The summed E-state index contributed by atoms with van der Waals surface area (Å²) in [5.74, 6) is 1.83. The zero-order valence-corrected chi connectivity index (χ0v) is 6.81. The van der Waals surface area contributed by atoms with Crippen molar-refractivity contribution in [2.75, 3.05) is 13.1 Å². The van der Waals surface area contributed by atoms with Gasteiger partial charge in [0.05, 0.1) is 13.1 Å². The molecule has 0 aromatic carbocycles. The van der Waals surface area contributed by atoms with Crippen molar-refractivity contribution in [1.82, 2.24) is 0 Å². The van der Waals surface area contributed by atoms with E-state index in [0.717, 1.165) is 24.9 Å². The highest BCUT2D eigenvalue weighted by atomic mass is 14.6. The van der Waals surface area contributed by atoms with Gasteiger partial charge in [-0.05, 0) is 19.3 Å². The molecule has 60 valence electrons. The fourth-order valence-electron chi connectivity index (χ4n) is 1.93. The van der Waals surface area contributed by atoms with Gasteiger partial charge in [-0.2, -0.15) is 0 Å². The van der Waals surface area contributed by atoms with Gasteiger partial charge in [-0.15, -0.1) is 0 Å². The third-order valence-corrected chi connectivity index (χ3v) is 2.71. The fourth-order valence-corrected chi connectivity index (χ4v) is 1.93. The molecule has 2 heteroatoms. The highest BCUT2D eigenvalue weighted by Gasteiger charge is 2.21. The summed E-state index contributed by atoms with van der Waals surface area (Å²) in [6, 6.07) is 0. The van der Waals surface area contributed by atoms with Crippen LogP contribution in [-0.4, -0.2) is 13.1 Å². The summed E-state index contributed by atoms with van der Waals surface area (Å²) < 4.78 is 0. The van der Waals surface area contributed by atoms with Crippen LogP contribution in [0, 0.1) is 11.8 Å². The lowest BCUT2D eigenvalue weighted by Gasteiger charge is -2.24. The lowest BCUT2D eigenvalue weighted by atomic mass is 9.81. The van der Waals surface area contributed by atoms with Crippen LogP contribution in [0.15, 0.2) is 0 Å². The molecule has 1 aliphatic carbocycles. The van der Waals surface area contributed by atoms with Crippen LogP contribution >= 0.6 is 0 Å². The first-order chi connectivity index (χ1) is 4.86. The van der Waals surface area contributed by atoms with Gasteiger partial charge in [0.2, 0.25) is 0 Å². The first-order valence-electron chi connectivity index (χ1n) is 4.45. The van der Waals surface area contributed by atoms with E-state index in [1.807, 2.05) is 0 Å². The Balaban J connectivity index is 2.25. The van der Waals surface area contributed by atoms with Crippen molar-refractivity contribution in [3.8, 4) is 0 Å². The van der Waals surface area contributed by atoms with Gasteiger partial charge in [-0.1, -0.05) is 6.42 Å². The van der Waals surface area contributed by atoms with Crippen molar-refractivity contribution in [2.24, 2.45) is 11.8 Å². The second-order valence-electron chi connectivity index (χ2n) is 3.48. The van der Waals surface area contributed by atoms with Crippen molar-refractivity contribution < 1.29 is 11.5 Å². The van der Waals surface area contributed by atoms with E-state index < -0.39 is 0 Å². The first-order valence-corrected chi connectivity index (χ1v) is 4.45. The summed E-state index contributed by atoms with van der Waals surface area (Å²) in [4.78, 5) is 0. The Morgan fingerprint density at radius 1 is 1.00 bits per heavy atom. The van der Waals surface area contributed by atoms with Gasteiger partial charge >= 0.3 is 0 Å². The van der Waals surface area contributed by atoms with E-state index in [4.69, 9.17) is 0 Å². The van der Waals surface area contributed by atoms with Gasteiger partial charge in [0.15, 0.2) is 0 Å². The minimum absolute atomic E-state index is 0.917. The quantitative estimate of drug-likeness (QED) is 0.514. The van der Waals surface area contributed by atoms with Gasteiger partial charge in [-0.25, -0.2) is 0 Å². The maximum atomic E-state index is 3.96. The monoisotopic (exact) mass is 144 g/mol. The molecule has 2 atom stereocenters. The van der Waals surface area contributed by atoms with Gasteiger partial charge in [0.25, 0.3) is 0 Å². The number of hydrogen-bond acceptors (Lipinski definition) is 0. The molecule has 0 heterocycles. The summed E-state index contributed by atoms with van der Waals surface area (Å²) in [6.07, 6.45) is 5.65. The highest BCUT2D eigenvalue weighted by Crippen LogP contribution is 2.26. The van der Waals surface area contributed by atoms with Crippen LogP contribution in [0.3, 0.4) is 0 Å². The molecule has 1 saturated carbocycles. The Kier molecular flexibility index (Phi) is 3.16. The fraction of sp³-hybridized carbons (Fsp3) is 1.00. The molecule has 10 heavy (non-hydrogen) atoms. The molecule has 1 rings (SSSR count). The van der Waals surface area contributed by atoms with Crippen molar-refractivity contribution in [3.05, 3.63) is 0 Å². The van der Waals surface area contributed by atoms with Crippen LogP contribution in [0.4, 0.5) is 0 Å². The zero-order valence-electron chi connectivity index (χ0n) is 6.81. The molecule has 0 amide bonds. The van der Waals surface area contributed by atoms with E-state index in [-0.39, 0.29) is 0 Å². The average Bonchev–Trinajstić information content (AvgIpc) is 2.05. The highest BCUT2D eigenvalue weighted by molar-refractivity contribution is 4.70. The Labute approximate surface area is 63.0 Å². The van der Waals surface area contributed by atoms with Crippen LogP contribution in [0.5, 0.6) is 0 Å². The predicted octanol–water partition coefficient (Wildman–Crippen LogP) is -0.723. The Bertz CT molecular complexity index is 83.3. The molecule has 1 aliphatic rings. The summed E-state index contributed by atoms with van der Waals surface area (Å²) in [5, 5.41) is 0. The van der Waals surface area contributed by atoms with E-state index >= 15 is 0 Å². The van der Waals surface area contributed by atoms with Gasteiger partial charge in [0, 0.05) is 11.8 Å². The molecule has 6 N–H and O–H groups in total. The Morgan fingerprint density at radius 2 is 1.50 bits per heavy atom. The van der Waals surface area contributed by atoms with E-state index in [9.17, 15) is 0 Å². The maximum absolute atomic E-state index is 3.96. The Morgan fingerprint density at radius 3 is 1.90 bits per heavy atom. The average molecular weight is 144 g/mol. The second-order valence-corrected chi connectivity index (χ2v) is 3.48. The normalized spacial score (nSPS) is 34.2. The van der Waals surface area contributed by atoms with Crippen molar-refractivity contribution >= 4 is 0 Å². The Hall–Kier alpha value is -0.0800. The van der Waals surface area contributed by atoms with Crippen molar-refractivity contribution in [3.63, 3.8) is 0 Å². The maximum Gasteiger partial charge on any atom is 0.0768 e. The van der Waals surface area contributed by atoms with Crippen LogP contribution in [0.25, 0.3) is 0 Å². The molecule has 0 aromatic rings. The molecule has 2 nitrogen and oxygen atoms in total. The SMILES string of the molecule is [NH3+]C[C@H]1CCC[C@H](C[NH3+])C1. The standard InChI is InChI=1S/C8H18N2/c9-5-7-2-1-3-8(4-7)6-10/h7-8H,1-6,9-10H2/p+2/t7-,8-/m0/s1. The summed E-state index contributed by atoms with van der Waals surface area (Å²) in [6.45, 7) is 2.27. The number of quaternary nitrogens is 2. The summed E-state index contributed by atoms with van der Waals surface area (Å²) in [7, 11) is 0. The van der Waals surface area contributed by atoms with Crippen LogP contribution < -0.4 is 11.5 Å². The first kappa shape index (κ1) is 8.02. The minimum atomic E-state index is 0.917. The molecule has 0 saturated heterocycles. The third-order valence-electron chi connectivity index (χ3n) is 2.71. The van der Waals surface area contributed by atoms with Crippen molar-refractivity contribution in [2.45, 2.75) is 25.7 Å². The van der Waals surface area contributed by atoms with E-state index in [0.29, 0.717) is 0 Å². The molecule has 0 aliphatic heterocycles. The molecule has 0 spiro atoms. The third kappa shape index (κ3) is 1.96. The number of rotatable bonds is 2. The van der Waals surface area contributed by atoms with Gasteiger partial charge in [0.1, 0.15) is 0 Å². The van der Waals surface area contributed by atoms with Crippen LogP contribution in [0.1, 0.15) is 25.7 Å². The largest absolute Gasteiger partial charge is 0.357 e. The van der Waals surface area contributed by atoms with E-state index in [1.165, 1.54) is 25.7 Å². The van der Waals surface area contributed by atoms with Gasteiger partial charge < -0.3 is 11.5 Å². The smallest absolute Gasteiger partial charge is 0.0768 e. The molecule has 0 unspecified atom stereocenters. The van der Waals surface area contributed by atoms with Crippen LogP contribution in [0.2, 0.25) is 0 Å². The van der Waals surface area contributed by atoms with Gasteiger partial charge in [-0.3, -0.25) is 0 Å². The minimum Gasteiger partial charge on any atom is -0.357 e. The molecular formula is C8H20N2+2. The van der Waals surface area contributed by atoms with E-state index in [1.54, 1.807) is 0 Å². The second kappa shape index (κ2) is 3.94. The van der Waals surface area contributed by atoms with Crippen molar-refractivity contribution in [1.29, 1.82) is 0 Å². The summed E-state index contributed by atoms with van der Waals surface area (Å²) in [5.41, 5.74) is 7.92. The lowest BCUT2D eigenvalue weighted by Crippen LogP contribution is -2.57. The predicted molar refractivity (Wildman–Crippen MR) is 41.0 cm³/mol. The molecular weight excluding hydrogens is 124 g/mol. The molecule has 1 fully saturated rings. The summed E-state index contributed by atoms with van der Waals surface area (Å²) >= 11 is 0. The van der Waals surface area contributed by atoms with Crippen LogP contribution in [-0.2, 0) is 0 Å².